The molecule has 3 nitrogen and oxygen atoms in total. The second-order valence-electron chi connectivity index (χ2n) is 7.62. The van der Waals surface area contributed by atoms with Gasteiger partial charge in [0.15, 0.2) is 6.29 Å². The van der Waals surface area contributed by atoms with Crippen LogP contribution in [0.15, 0.2) is 0 Å². The largest absolute Gasteiger partial charge is 0.390 e. The monoisotopic (exact) mass is 268 g/mol. The van der Waals surface area contributed by atoms with E-state index >= 15 is 0 Å². The van der Waals surface area contributed by atoms with Crippen LogP contribution >= 0.6 is 0 Å². The summed E-state index contributed by atoms with van der Waals surface area (Å²) in [5, 5.41) is 20.6. The van der Waals surface area contributed by atoms with Crippen molar-refractivity contribution in [2.75, 3.05) is 0 Å². The predicted octanol–water partition coefficient (Wildman–Crippen LogP) is 2.55. The Morgan fingerprint density at radius 3 is 2.58 bits per heavy atom. The van der Waals surface area contributed by atoms with E-state index in [0.717, 1.165) is 18.8 Å². The maximum Gasteiger partial charge on any atom is 0.157 e. The normalized spacial score (nSPS) is 58.3. The zero-order chi connectivity index (χ0) is 13.8. The van der Waals surface area contributed by atoms with Crippen LogP contribution in [0.25, 0.3) is 0 Å². The average Bonchev–Trinajstić information content (AvgIpc) is 2.46. The third-order valence-corrected chi connectivity index (χ3v) is 6.20. The summed E-state index contributed by atoms with van der Waals surface area (Å²) >= 11 is 0. The molecule has 3 aliphatic rings. The Morgan fingerprint density at radius 1 is 1.11 bits per heavy atom. The Labute approximate surface area is 116 Å². The first-order valence-corrected chi connectivity index (χ1v) is 7.95. The molecule has 0 amide bonds. The fourth-order valence-electron chi connectivity index (χ4n) is 5.00. The molecule has 2 aliphatic carbocycles. The van der Waals surface area contributed by atoms with Crippen LogP contribution in [0.5, 0.6) is 0 Å². The Bertz CT molecular complexity index is 341. The van der Waals surface area contributed by atoms with Crippen molar-refractivity contribution in [1.82, 2.24) is 0 Å². The van der Waals surface area contributed by atoms with Crippen LogP contribution < -0.4 is 0 Å². The lowest BCUT2D eigenvalue weighted by molar-refractivity contribution is -0.252. The van der Waals surface area contributed by atoms with E-state index in [9.17, 15) is 10.2 Å². The van der Waals surface area contributed by atoms with Crippen LogP contribution in [0.1, 0.15) is 52.9 Å². The lowest BCUT2D eigenvalue weighted by Crippen LogP contribution is -2.52. The Morgan fingerprint density at radius 2 is 1.84 bits per heavy atom. The number of aliphatic hydroxyl groups excluding tert-OH is 1. The first kappa shape index (κ1) is 13.8. The molecule has 3 fully saturated rings. The van der Waals surface area contributed by atoms with E-state index in [1.807, 2.05) is 6.92 Å². The van der Waals surface area contributed by atoms with Gasteiger partial charge in [-0.05, 0) is 49.9 Å². The van der Waals surface area contributed by atoms with E-state index in [4.69, 9.17) is 4.74 Å². The van der Waals surface area contributed by atoms with E-state index < -0.39 is 11.9 Å². The number of aliphatic hydroxyl groups is 2. The number of rotatable bonds is 0. The Hall–Kier alpha value is -0.120. The molecule has 4 unspecified atom stereocenters. The summed E-state index contributed by atoms with van der Waals surface area (Å²) < 4.78 is 5.90. The van der Waals surface area contributed by atoms with E-state index in [0.29, 0.717) is 24.2 Å². The fraction of sp³-hybridized carbons (Fsp3) is 1.00. The van der Waals surface area contributed by atoms with Gasteiger partial charge in [0.1, 0.15) is 0 Å². The van der Waals surface area contributed by atoms with Crippen molar-refractivity contribution in [1.29, 1.82) is 0 Å². The standard InChI is InChI=1S/C16H28O3/c1-9-4-5-12-10(2)15(17)19-13-8-16(3,18)7-6-11(9)14(12)13/h9-15,17-18H,4-8H2,1-3H3/t9-,10?,11+,12+,13?,14?,15?,16-/m1/s1. The molecular formula is C16H28O3. The smallest absolute Gasteiger partial charge is 0.157 e. The maximum atomic E-state index is 10.5. The molecular weight excluding hydrogens is 240 g/mol. The molecule has 2 N–H and O–H groups in total. The van der Waals surface area contributed by atoms with Crippen LogP contribution in [0.2, 0.25) is 0 Å². The molecule has 1 aliphatic heterocycles. The summed E-state index contributed by atoms with van der Waals surface area (Å²) in [6, 6.07) is 0. The Kier molecular flexibility index (Phi) is 3.43. The molecule has 0 bridgehead atoms. The molecule has 1 saturated heterocycles. The minimum atomic E-state index is -0.644. The highest BCUT2D eigenvalue weighted by Gasteiger charge is 2.52. The van der Waals surface area contributed by atoms with Crippen molar-refractivity contribution in [3.63, 3.8) is 0 Å². The maximum absolute atomic E-state index is 10.5. The second kappa shape index (κ2) is 4.71. The molecule has 3 rings (SSSR count). The van der Waals surface area contributed by atoms with Gasteiger partial charge in [0.2, 0.25) is 0 Å². The highest BCUT2D eigenvalue weighted by Crippen LogP contribution is 2.53. The summed E-state index contributed by atoms with van der Waals surface area (Å²) in [6.07, 6.45) is 4.53. The lowest BCUT2D eigenvalue weighted by Gasteiger charge is -2.51. The minimum Gasteiger partial charge on any atom is -0.390 e. The van der Waals surface area contributed by atoms with Crippen molar-refractivity contribution in [2.24, 2.45) is 29.6 Å². The summed E-state index contributed by atoms with van der Waals surface area (Å²) in [5.74, 6) is 2.73. The average molecular weight is 268 g/mol. The van der Waals surface area contributed by atoms with Crippen molar-refractivity contribution < 1.29 is 14.9 Å². The summed E-state index contributed by atoms with van der Waals surface area (Å²) in [7, 11) is 0. The van der Waals surface area contributed by atoms with Crippen molar-refractivity contribution >= 4 is 0 Å². The SMILES string of the molecule is CC1C(O)OC2C[C@](C)(O)CC[C@@H]3C2[C@H]1CC[C@H]3C. The van der Waals surface area contributed by atoms with E-state index in [2.05, 4.69) is 13.8 Å². The third kappa shape index (κ3) is 2.34. The molecule has 19 heavy (non-hydrogen) atoms. The highest BCUT2D eigenvalue weighted by atomic mass is 16.6. The van der Waals surface area contributed by atoms with Crippen LogP contribution in [0.3, 0.4) is 0 Å². The highest BCUT2D eigenvalue weighted by molar-refractivity contribution is 5.00. The minimum absolute atomic E-state index is 0.0430. The van der Waals surface area contributed by atoms with Gasteiger partial charge in [-0.2, -0.15) is 0 Å². The Balaban J connectivity index is 1.93. The number of hydrogen-bond donors (Lipinski definition) is 2. The molecule has 3 heteroatoms. The van der Waals surface area contributed by atoms with Gasteiger partial charge < -0.3 is 14.9 Å². The van der Waals surface area contributed by atoms with E-state index in [-0.39, 0.29) is 12.0 Å². The van der Waals surface area contributed by atoms with Crippen molar-refractivity contribution in [3.05, 3.63) is 0 Å². The molecule has 0 spiro atoms. The van der Waals surface area contributed by atoms with Gasteiger partial charge in [-0.15, -0.1) is 0 Å². The molecule has 0 aromatic heterocycles. The first-order valence-electron chi connectivity index (χ1n) is 7.95. The second-order valence-corrected chi connectivity index (χ2v) is 7.62. The van der Waals surface area contributed by atoms with E-state index in [1.165, 1.54) is 12.8 Å². The van der Waals surface area contributed by atoms with Gasteiger partial charge in [0.25, 0.3) is 0 Å². The molecule has 0 aromatic rings. The molecule has 8 atom stereocenters. The quantitative estimate of drug-likeness (QED) is 0.710. The first-order chi connectivity index (χ1) is 8.89. The molecule has 110 valence electrons. The zero-order valence-corrected chi connectivity index (χ0v) is 12.4. The third-order valence-electron chi connectivity index (χ3n) is 6.20. The van der Waals surface area contributed by atoms with Gasteiger partial charge in [-0.1, -0.05) is 20.3 Å². The van der Waals surface area contributed by atoms with Gasteiger partial charge in [0, 0.05) is 12.3 Å². The predicted molar refractivity (Wildman–Crippen MR) is 73.4 cm³/mol. The van der Waals surface area contributed by atoms with Crippen LogP contribution in [0, 0.1) is 29.6 Å². The van der Waals surface area contributed by atoms with Gasteiger partial charge in [-0.25, -0.2) is 0 Å². The van der Waals surface area contributed by atoms with E-state index in [1.54, 1.807) is 0 Å². The number of ether oxygens (including phenoxy) is 1. The zero-order valence-electron chi connectivity index (χ0n) is 12.4. The summed E-state index contributed by atoms with van der Waals surface area (Å²) in [6.45, 7) is 6.41. The van der Waals surface area contributed by atoms with Crippen molar-refractivity contribution in [2.45, 2.75) is 70.9 Å². The molecule has 2 saturated carbocycles. The van der Waals surface area contributed by atoms with Gasteiger partial charge in [-0.3, -0.25) is 0 Å². The van der Waals surface area contributed by atoms with Crippen LogP contribution in [-0.2, 0) is 4.74 Å². The van der Waals surface area contributed by atoms with Crippen molar-refractivity contribution in [3.8, 4) is 0 Å². The molecule has 0 radical (unpaired) electrons. The van der Waals surface area contributed by atoms with Crippen LogP contribution in [0.4, 0.5) is 0 Å². The number of hydrogen-bond acceptors (Lipinski definition) is 3. The fourth-order valence-corrected chi connectivity index (χ4v) is 5.00. The lowest BCUT2D eigenvalue weighted by atomic mass is 9.60. The molecule has 1 heterocycles. The van der Waals surface area contributed by atoms with Gasteiger partial charge >= 0.3 is 0 Å². The summed E-state index contributed by atoms with van der Waals surface area (Å²) in [4.78, 5) is 0. The molecule has 0 aromatic carbocycles. The summed E-state index contributed by atoms with van der Waals surface area (Å²) in [5.41, 5.74) is -0.632. The topological polar surface area (TPSA) is 49.7 Å². The van der Waals surface area contributed by atoms with Gasteiger partial charge in [0.05, 0.1) is 11.7 Å². The van der Waals surface area contributed by atoms with Crippen LogP contribution in [-0.4, -0.2) is 28.2 Å².